The SMILES string of the molecule is COCc1cc(C(C)NCC(C)CSC)ccc1OC. The number of hydrogen-bond acceptors (Lipinski definition) is 4. The molecule has 1 aromatic rings. The Morgan fingerprint density at radius 2 is 2.00 bits per heavy atom. The summed E-state index contributed by atoms with van der Waals surface area (Å²) in [6.07, 6.45) is 2.15. The van der Waals surface area contributed by atoms with Crippen molar-refractivity contribution in [3.05, 3.63) is 29.3 Å². The van der Waals surface area contributed by atoms with Crippen molar-refractivity contribution >= 4 is 11.8 Å². The maximum atomic E-state index is 5.36. The first kappa shape index (κ1) is 17.3. The first-order valence-corrected chi connectivity index (χ1v) is 8.39. The molecule has 0 fully saturated rings. The molecule has 0 aromatic heterocycles. The Kier molecular flexibility index (Phi) is 8.04. The molecule has 0 aliphatic rings. The van der Waals surface area contributed by atoms with Crippen LogP contribution in [0.4, 0.5) is 0 Å². The number of methoxy groups -OCH3 is 2. The average molecular weight is 297 g/mol. The van der Waals surface area contributed by atoms with E-state index in [4.69, 9.17) is 9.47 Å². The van der Waals surface area contributed by atoms with Crippen molar-refractivity contribution in [1.82, 2.24) is 5.32 Å². The average Bonchev–Trinajstić information content (AvgIpc) is 2.45. The third kappa shape index (κ3) is 5.35. The van der Waals surface area contributed by atoms with Gasteiger partial charge in [0.1, 0.15) is 5.75 Å². The van der Waals surface area contributed by atoms with E-state index in [0.717, 1.165) is 17.9 Å². The molecule has 20 heavy (non-hydrogen) atoms. The molecule has 1 rings (SSSR count). The molecule has 114 valence electrons. The van der Waals surface area contributed by atoms with Gasteiger partial charge in [-0.05, 0) is 49.1 Å². The minimum atomic E-state index is 0.334. The van der Waals surface area contributed by atoms with E-state index < -0.39 is 0 Å². The lowest BCUT2D eigenvalue weighted by Crippen LogP contribution is -2.25. The second kappa shape index (κ2) is 9.27. The zero-order valence-corrected chi connectivity index (χ0v) is 14.0. The summed E-state index contributed by atoms with van der Waals surface area (Å²) < 4.78 is 10.6. The number of thioether (sulfide) groups is 1. The Morgan fingerprint density at radius 1 is 1.25 bits per heavy atom. The molecule has 0 spiro atoms. The molecule has 3 nitrogen and oxygen atoms in total. The molecule has 0 bridgehead atoms. The molecule has 0 radical (unpaired) electrons. The van der Waals surface area contributed by atoms with Crippen LogP contribution < -0.4 is 10.1 Å². The summed E-state index contributed by atoms with van der Waals surface area (Å²) >= 11 is 1.90. The van der Waals surface area contributed by atoms with Crippen LogP contribution in [-0.4, -0.2) is 32.8 Å². The first-order chi connectivity index (χ1) is 9.62. The number of nitrogens with one attached hydrogen (secondary N) is 1. The summed E-state index contributed by atoms with van der Waals surface area (Å²) in [5.74, 6) is 2.76. The van der Waals surface area contributed by atoms with Gasteiger partial charge < -0.3 is 14.8 Å². The van der Waals surface area contributed by atoms with Gasteiger partial charge in [-0.3, -0.25) is 0 Å². The van der Waals surface area contributed by atoms with Crippen molar-refractivity contribution in [1.29, 1.82) is 0 Å². The monoisotopic (exact) mass is 297 g/mol. The highest BCUT2D eigenvalue weighted by atomic mass is 32.2. The maximum absolute atomic E-state index is 5.36. The minimum Gasteiger partial charge on any atom is -0.496 e. The van der Waals surface area contributed by atoms with Crippen LogP contribution >= 0.6 is 11.8 Å². The van der Waals surface area contributed by atoms with E-state index in [1.807, 2.05) is 17.8 Å². The van der Waals surface area contributed by atoms with Crippen molar-refractivity contribution in [3.8, 4) is 5.75 Å². The van der Waals surface area contributed by atoms with Gasteiger partial charge in [0.05, 0.1) is 13.7 Å². The van der Waals surface area contributed by atoms with Crippen LogP contribution in [0, 0.1) is 5.92 Å². The second-order valence-corrected chi connectivity index (χ2v) is 6.11. The molecular weight excluding hydrogens is 270 g/mol. The fourth-order valence-corrected chi connectivity index (χ4v) is 2.86. The van der Waals surface area contributed by atoms with Gasteiger partial charge in [0.25, 0.3) is 0 Å². The van der Waals surface area contributed by atoms with Gasteiger partial charge in [0.2, 0.25) is 0 Å². The van der Waals surface area contributed by atoms with E-state index in [1.165, 1.54) is 11.3 Å². The number of rotatable bonds is 9. The summed E-state index contributed by atoms with van der Waals surface area (Å²) in [6.45, 7) is 6.09. The molecule has 0 aliphatic heterocycles. The Balaban J connectivity index is 2.67. The summed E-state index contributed by atoms with van der Waals surface area (Å²) in [4.78, 5) is 0. The van der Waals surface area contributed by atoms with Crippen molar-refractivity contribution in [2.24, 2.45) is 5.92 Å². The van der Waals surface area contributed by atoms with Crippen LogP contribution in [0.1, 0.15) is 31.0 Å². The van der Waals surface area contributed by atoms with Crippen molar-refractivity contribution in [3.63, 3.8) is 0 Å². The molecule has 1 aromatic carbocycles. The second-order valence-electron chi connectivity index (χ2n) is 5.19. The quantitative estimate of drug-likeness (QED) is 0.756. The van der Waals surface area contributed by atoms with E-state index >= 15 is 0 Å². The standard InChI is InChI=1S/C16H27NO2S/c1-12(11-20-5)9-17-13(2)14-6-7-16(19-4)15(8-14)10-18-3/h6-8,12-13,17H,9-11H2,1-5H3. The Morgan fingerprint density at radius 3 is 2.60 bits per heavy atom. The normalized spacial score (nSPS) is 14.1. The Labute approximate surface area is 127 Å². The minimum absolute atomic E-state index is 0.334. The summed E-state index contributed by atoms with van der Waals surface area (Å²) in [5, 5.41) is 3.60. The number of benzene rings is 1. The lowest BCUT2D eigenvalue weighted by atomic mass is 10.0. The largest absolute Gasteiger partial charge is 0.496 e. The Hall–Kier alpha value is -0.710. The molecule has 4 heteroatoms. The fourth-order valence-electron chi connectivity index (χ4n) is 2.18. The fraction of sp³-hybridized carbons (Fsp3) is 0.625. The van der Waals surface area contributed by atoms with Crippen molar-refractivity contribution in [2.75, 3.05) is 32.8 Å². The van der Waals surface area contributed by atoms with Crippen LogP contribution in [0.15, 0.2) is 18.2 Å². The summed E-state index contributed by atoms with van der Waals surface area (Å²) in [7, 11) is 3.40. The highest BCUT2D eigenvalue weighted by molar-refractivity contribution is 7.98. The van der Waals surface area contributed by atoms with Crippen LogP contribution in [0.3, 0.4) is 0 Å². The highest BCUT2D eigenvalue weighted by Crippen LogP contribution is 2.24. The van der Waals surface area contributed by atoms with Crippen LogP contribution in [0.25, 0.3) is 0 Å². The zero-order chi connectivity index (χ0) is 15.0. The summed E-state index contributed by atoms with van der Waals surface area (Å²) in [5.41, 5.74) is 2.37. The number of hydrogen-bond donors (Lipinski definition) is 1. The predicted molar refractivity (Wildman–Crippen MR) is 87.7 cm³/mol. The van der Waals surface area contributed by atoms with E-state index in [9.17, 15) is 0 Å². The van der Waals surface area contributed by atoms with Gasteiger partial charge in [0.15, 0.2) is 0 Å². The van der Waals surface area contributed by atoms with E-state index in [-0.39, 0.29) is 0 Å². The van der Waals surface area contributed by atoms with Gasteiger partial charge in [-0.15, -0.1) is 0 Å². The lowest BCUT2D eigenvalue weighted by Gasteiger charge is -2.19. The third-order valence-electron chi connectivity index (χ3n) is 3.33. The van der Waals surface area contributed by atoms with Gasteiger partial charge in [-0.2, -0.15) is 11.8 Å². The Bertz CT molecular complexity index is 398. The molecule has 0 aliphatic carbocycles. The molecule has 0 saturated carbocycles. The topological polar surface area (TPSA) is 30.5 Å². The molecule has 0 amide bonds. The van der Waals surface area contributed by atoms with Gasteiger partial charge in [0, 0.05) is 18.7 Å². The third-order valence-corrected chi connectivity index (χ3v) is 4.23. The van der Waals surface area contributed by atoms with Gasteiger partial charge >= 0.3 is 0 Å². The van der Waals surface area contributed by atoms with Gasteiger partial charge in [-0.25, -0.2) is 0 Å². The van der Waals surface area contributed by atoms with Crippen LogP contribution in [0.5, 0.6) is 5.75 Å². The highest BCUT2D eigenvalue weighted by Gasteiger charge is 2.10. The van der Waals surface area contributed by atoms with E-state index in [1.54, 1.807) is 14.2 Å². The van der Waals surface area contributed by atoms with E-state index in [0.29, 0.717) is 18.6 Å². The molecule has 2 atom stereocenters. The van der Waals surface area contributed by atoms with Crippen molar-refractivity contribution < 1.29 is 9.47 Å². The molecule has 0 heterocycles. The molecule has 0 saturated heterocycles. The lowest BCUT2D eigenvalue weighted by molar-refractivity contribution is 0.181. The van der Waals surface area contributed by atoms with Gasteiger partial charge in [-0.1, -0.05) is 13.0 Å². The van der Waals surface area contributed by atoms with Crippen LogP contribution in [0.2, 0.25) is 0 Å². The summed E-state index contributed by atoms with van der Waals surface area (Å²) in [6, 6.07) is 6.64. The predicted octanol–water partition coefficient (Wildman–Crippen LogP) is 3.49. The molecular formula is C16H27NO2S. The zero-order valence-electron chi connectivity index (χ0n) is 13.2. The number of ether oxygens (including phenoxy) is 2. The first-order valence-electron chi connectivity index (χ1n) is 7.00. The maximum Gasteiger partial charge on any atom is 0.124 e. The van der Waals surface area contributed by atoms with E-state index in [2.05, 4.69) is 37.6 Å². The molecule has 2 unspecified atom stereocenters. The van der Waals surface area contributed by atoms with Crippen LogP contribution in [-0.2, 0) is 11.3 Å². The van der Waals surface area contributed by atoms with Crippen molar-refractivity contribution in [2.45, 2.75) is 26.5 Å². The molecule has 1 N–H and O–H groups in total. The smallest absolute Gasteiger partial charge is 0.124 e.